The number of hydrogen-bond acceptors (Lipinski definition) is 1. The lowest BCUT2D eigenvalue weighted by atomic mass is 9.92. The monoisotopic (exact) mass is 712 g/mol. The second-order valence-electron chi connectivity index (χ2n) is 14.5. The molecule has 0 spiro atoms. The normalized spacial score (nSPS) is 13.3. The van der Waals surface area contributed by atoms with Crippen LogP contribution in [0.5, 0.6) is 0 Å². The van der Waals surface area contributed by atoms with Crippen LogP contribution in [-0.2, 0) is 4.57 Å². The molecule has 0 unspecified atom stereocenters. The Balaban J connectivity index is 1.37. The minimum atomic E-state index is -3.28. The SMILES string of the molecule is Cc1cccc(P(=O)(c2cccc(C)c2)c2ccc3c(c2)[Si](c2ccccc2)(c2ccccc2)c2cc4c5ccccc5c5ccccc5c4cc2-3)c1. The van der Waals surface area contributed by atoms with Crippen molar-refractivity contribution in [3.8, 4) is 11.1 Å². The maximum absolute atomic E-state index is 16.2. The van der Waals surface area contributed by atoms with Gasteiger partial charge in [-0.2, -0.15) is 0 Å². The summed E-state index contributed by atoms with van der Waals surface area (Å²) in [5.41, 5.74) is 4.72. The van der Waals surface area contributed by atoms with E-state index in [-0.39, 0.29) is 0 Å². The standard InChI is InChI=1S/C50H37OPSi/c1-34-15-13-17-36(29-34)52(51,37-18-14-16-35(2)30-37)38-27-28-45-48-32-46-43-25-11-9-23-41(43)42-24-10-12-26-44(42)47(46)33-50(48)53(49(45)31-38,39-19-5-3-6-20-39)40-21-7-4-8-22-40/h3-33H,1-2H3. The number of aryl methyl sites for hydroxylation is 2. The van der Waals surface area contributed by atoms with Crippen LogP contribution in [0.1, 0.15) is 11.1 Å². The van der Waals surface area contributed by atoms with Gasteiger partial charge in [0.05, 0.1) is 0 Å². The van der Waals surface area contributed by atoms with Crippen molar-refractivity contribution < 1.29 is 4.57 Å². The molecular formula is C50H37OPSi. The van der Waals surface area contributed by atoms with Gasteiger partial charge in [-0.05, 0) is 102 Å². The average Bonchev–Trinajstić information content (AvgIpc) is 3.50. The molecule has 1 aliphatic heterocycles. The molecule has 0 saturated carbocycles. The second-order valence-corrected chi connectivity index (χ2v) is 21.0. The fraction of sp³-hybridized carbons (Fsp3) is 0.0400. The molecule has 53 heavy (non-hydrogen) atoms. The Morgan fingerprint density at radius 3 is 1.30 bits per heavy atom. The van der Waals surface area contributed by atoms with Crippen molar-refractivity contribution in [3.05, 3.63) is 199 Å². The molecule has 1 aliphatic rings. The van der Waals surface area contributed by atoms with Gasteiger partial charge in [-0.25, -0.2) is 0 Å². The largest absolute Gasteiger partial charge is 0.309 e. The molecule has 0 aromatic heterocycles. The van der Waals surface area contributed by atoms with E-state index in [2.05, 4.69) is 190 Å². The van der Waals surface area contributed by atoms with Crippen molar-refractivity contribution in [3.63, 3.8) is 0 Å². The third kappa shape index (κ3) is 4.66. The molecule has 0 amide bonds. The van der Waals surface area contributed by atoms with Gasteiger partial charge in [0.2, 0.25) is 0 Å². The maximum Gasteiger partial charge on any atom is 0.180 e. The van der Waals surface area contributed by atoms with Gasteiger partial charge in [0.25, 0.3) is 0 Å². The van der Waals surface area contributed by atoms with Crippen LogP contribution >= 0.6 is 7.14 Å². The van der Waals surface area contributed by atoms with Gasteiger partial charge in [-0.3, -0.25) is 0 Å². The molecule has 0 atom stereocenters. The fourth-order valence-electron chi connectivity index (χ4n) is 9.16. The molecule has 0 aliphatic carbocycles. The van der Waals surface area contributed by atoms with Gasteiger partial charge in [-0.15, -0.1) is 0 Å². The highest BCUT2D eigenvalue weighted by Crippen LogP contribution is 2.44. The van der Waals surface area contributed by atoms with Gasteiger partial charge < -0.3 is 4.57 Å². The van der Waals surface area contributed by atoms with Crippen molar-refractivity contribution in [2.24, 2.45) is 0 Å². The molecule has 9 aromatic rings. The fourth-order valence-corrected chi connectivity index (χ4v) is 17.4. The number of benzene rings is 9. The summed E-state index contributed by atoms with van der Waals surface area (Å²) in [7, 11) is -6.24. The van der Waals surface area contributed by atoms with E-state index in [1.165, 1.54) is 64.2 Å². The summed E-state index contributed by atoms with van der Waals surface area (Å²) >= 11 is 0. The summed E-state index contributed by atoms with van der Waals surface area (Å²) in [6.07, 6.45) is 0. The smallest absolute Gasteiger partial charge is 0.180 e. The highest BCUT2D eigenvalue weighted by molar-refractivity contribution is 7.85. The molecule has 3 heteroatoms. The zero-order valence-corrected chi connectivity index (χ0v) is 31.6. The first-order chi connectivity index (χ1) is 26.0. The Labute approximate surface area is 311 Å². The molecule has 252 valence electrons. The minimum absolute atomic E-state index is 0.869. The number of fused-ring (bicyclic) bond motifs is 9. The molecule has 0 fully saturated rings. The molecule has 0 bridgehead atoms. The Morgan fingerprint density at radius 1 is 0.358 bits per heavy atom. The molecule has 1 nitrogen and oxygen atoms in total. The average molecular weight is 713 g/mol. The van der Waals surface area contributed by atoms with Crippen LogP contribution in [0.25, 0.3) is 43.4 Å². The zero-order chi connectivity index (χ0) is 35.7. The highest BCUT2D eigenvalue weighted by atomic mass is 31.2. The summed E-state index contributed by atoms with van der Waals surface area (Å²) in [6.45, 7) is 4.18. The predicted octanol–water partition coefficient (Wildman–Crippen LogP) is 8.76. The quantitative estimate of drug-likeness (QED) is 0.0992. The van der Waals surface area contributed by atoms with Gasteiger partial charge >= 0.3 is 0 Å². The summed E-state index contributed by atoms with van der Waals surface area (Å²) in [6, 6.07) is 68.4. The molecule has 1 heterocycles. The van der Waals surface area contributed by atoms with E-state index >= 15 is 4.57 Å². The van der Waals surface area contributed by atoms with Crippen molar-refractivity contribution in [1.82, 2.24) is 0 Å². The lowest BCUT2D eigenvalue weighted by Crippen LogP contribution is -2.73. The van der Waals surface area contributed by atoms with Crippen LogP contribution in [0.15, 0.2) is 188 Å². The van der Waals surface area contributed by atoms with E-state index in [1.54, 1.807) is 0 Å². The van der Waals surface area contributed by atoms with E-state index in [9.17, 15) is 0 Å². The van der Waals surface area contributed by atoms with E-state index in [0.29, 0.717) is 0 Å². The van der Waals surface area contributed by atoms with Crippen molar-refractivity contribution in [1.29, 1.82) is 0 Å². The van der Waals surface area contributed by atoms with Crippen LogP contribution in [-0.4, -0.2) is 8.07 Å². The molecule has 10 rings (SSSR count). The van der Waals surface area contributed by atoms with Gasteiger partial charge in [0.15, 0.2) is 15.2 Å². The van der Waals surface area contributed by atoms with Crippen LogP contribution in [0.2, 0.25) is 0 Å². The Bertz CT molecular complexity index is 2860. The van der Waals surface area contributed by atoms with E-state index < -0.39 is 15.2 Å². The minimum Gasteiger partial charge on any atom is -0.309 e. The summed E-state index contributed by atoms with van der Waals surface area (Å²) in [5, 5.41) is 15.6. The Kier molecular flexibility index (Phi) is 7.31. The van der Waals surface area contributed by atoms with Gasteiger partial charge in [0, 0.05) is 15.9 Å². The summed E-state index contributed by atoms with van der Waals surface area (Å²) in [5.74, 6) is 0. The third-order valence-corrected chi connectivity index (χ3v) is 19.3. The van der Waals surface area contributed by atoms with Crippen LogP contribution in [0.4, 0.5) is 0 Å². The van der Waals surface area contributed by atoms with E-state index in [0.717, 1.165) is 27.0 Å². The van der Waals surface area contributed by atoms with E-state index in [1.807, 2.05) is 12.1 Å². The summed E-state index contributed by atoms with van der Waals surface area (Å²) in [4.78, 5) is 0. The molecule has 0 radical (unpaired) electrons. The molecule has 0 saturated heterocycles. The topological polar surface area (TPSA) is 17.1 Å². The highest BCUT2D eigenvalue weighted by Gasteiger charge is 2.49. The van der Waals surface area contributed by atoms with Crippen LogP contribution in [0, 0.1) is 13.8 Å². The first-order valence-corrected chi connectivity index (χ1v) is 22.1. The number of rotatable bonds is 5. The van der Waals surface area contributed by atoms with Crippen molar-refractivity contribution in [2.45, 2.75) is 13.8 Å². The number of hydrogen-bond donors (Lipinski definition) is 0. The van der Waals surface area contributed by atoms with Crippen LogP contribution in [0.3, 0.4) is 0 Å². The van der Waals surface area contributed by atoms with Crippen molar-refractivity contribution >= 4 is 84.2 Å². The van der Waals surface area contributed by atoms with Crippen molar-refractivity contribution in [2.75, 3.05) is 0 Å². The van der Waals surface area contributed by atoms with Gasteiger partial charge in [-0.1, -0.05) is 175 Å². The Hall–Kier alpha value is -5.79. The predicted molar refractivity (Wildman–Crippen MR) is 230 cm³/mol. The molecule has 9 aromatic carbocycles. The lowest BCUT2D eigenvalue weighted by Gasteiger charge is -2.32. The molecular weight excluding hydrogens is 676 g/mol. The second kappa shape index (κ2) is 12.1. The maximum atomic E-state index is 16.2. The first-order valence-electron chi connectivity index (χ1n) is 18.4. The van der Waals surface area contributed by atoms with E-state index in [4.69, 9.17) is 0 Å². The zero-order valence-electron chi connectivity index (χ0n) is 29.8. The van der Waals surface area contributed by atoms with Crippen LogP contribution < -0.4 is 36.7 Å². The first kappa shape index (κ1) is 31.9. The Morgan fingerprint density at radius 2 is 0.792 bits per heavy atom. The third-order valence-electron chi connectivity index (χ3n) is 11.5. The lowest BCUT2D eigenvalue weighted by molar-refractivity contribution is 0.592. The molecule has 0 N–H and O–H groups in total. The summed E-state index contributed by atoms with van der Waals surface area (Å²) < 4.78 is 16.2. The van der Waals surface area contributed by atoms with Gasteiger partial charge in [0.1, 0.15) is 0 Å².